The maximum absolute atomic E-state index is 12.6. The molecular formula is C23H25ClN2O3. The van der Waals surface area contributed by atoms with Crippen molar-refractivity contribution in [3.05, 3.63) is 63.1 Å². The highest BCUT2D eigenvalue weighted by molar-refractivity contribution is 6.30. The van der Waals surface area contributed by atoms with Crippen LogP contribution < -0.4 is 20.6 Å². The third kappa shape index (κ3) is 4.85. The fourth-order valence-electron chi connectivity index (χ4n) is 3.25. The predicted octanol–water partition coefficient (Wildman–Crippen LogP) is 2.88. The van der Waals surface area contributed by atoms with Crippen LogP contribution >= 0.6 is 11.6 Å². The van der Waals surface area contributed by atoms with Crippen LogP contribution in [0.1, 0.15) is 31.4 Å². The molecule has 1 heterocycles. The quantitative estimate of drug-likeness (QED) is 0.793. The first kappa shape index (κ1) is 21.1. The lowest BCUT2D eigenvalue weighted by molar-refractivity contribution is -0.134. The van der Waals surface area contributed by atoms with Crippen molar-refractivity contribution < 1.29 is 14.3 Å². The number of fused-ring (bicyclic) bond motifs is 1. The van der Waals surface area contributed by atoms with Crippen LogP contribution in [0.3, 0.4) is 0 Å². The van der Waals surface area contributed by atoms with Gasteiger partial charge in [0.15, 0.2) is 5.60 Å². The summed E-state index contributed by atoms with van der Waals surface area (Å²) in [6.45, 7) is 7.72. The zero-order valence-electron chi connectivity index (χ0n) is 17.1. The first-order chi connectivity index (χ1) is 13.7. The van der Waals surface area contributed by atoms with E-state index < -0.39 is 5.60 Å². The van der Waals surface area contributed by atoms with E-state index in [1.165, 1.54) is 0 Å². The summed E-state index contributed by atoms with van der Waals surface area (Å²) in [5.74, 6) is -0.201. The molecule has 2 aromatic carbocycles. The van der Waals surface area contributed by atoms with Crippen molar-refractivity contribution in [2.24, 2.45) is 10.9 Å². The normalized spacial score (nSPS) is 15.8. The van der Waals surface area contributed by atoms with Gasteiger partial charge in [-0.25, -0.2) is 4.99 Å². The van der Waals surface area contributed by atoms with Gasteiger partial charge in [-0.1, -0.05) is 29.8 Å². The van der Waals surface area contributed by atoms with E-state index in [0.717, 1.165) is 21.7 Å². The standard InChI is InChI=1S/C23H25ClN2O3/c1-14-5-6-15(2)20-19(14)13-16(21(27)26-20)11-12-25-22(28)23(3,4)29-18-9-7-17(24)8-10-18/h5-10,13,16H,11-12H2,1-4H3,(H,25,28). The number of carbonyl (C=O) groups is 2. The van der Waals surface area contributed by atoms with E-state index in [9.17, 15) is 9.59 Å². The lowest BCUT2D eigenvalue weighted by Crippen LogP contribution is -2.47. The number of aryl methyl sites for hydroxylation is 2. The third-order valence-corrected chi connectivity index (χ3v) is 5.27. The van der Waals surface area contributed by atoms with Gasteiger partial charge in [0.25, 0.3) is 11.8 Å². The van der Waals surface area contributed by atoms with Crippen molar-refractivity contribution in [2.45, 2.75) is 39.7 Å². The average molecular weight is 413 g/mol. The van der Waals surface area contributed by atoms with Gasteiger partial charge in [0.05, 0.1) is 11.3 Å². The third-order valence-electron chi connectivity index (χ3n) is 5.02. The summed E-state index contributed by atoms with van der Waals surface area (Å²) in [4.78, 5) is 29.3. The minimum Gasteiger partial charge on any atom is -0.478 e. The Morgan fingerprint density at radius 3 is 2.48 bits per heavy atom. The van der Waals surface area contributed by atoms with Gasteiger partial charge in [-0.2, -0.15) is 0 Å². The summed E-state index contributed by atoms with van der Waals surface area (Å²) in [6, 6.07) is 10.9. The maximum Gasteiger partial charge on any atom is 0.263 e. The van der Waals surface area contributed by atoms with E-state index in [-0.39, 0.29) is 17.7 Å². The molecule has 1 aliphatic rings. The van der Waals surface area contributed by atoms with Gasteiger partial charge < -0.3 is 10.1 Å². The molecule has 1 aliphatic heterocycles. The Kier molecular flexibility index (Phi) is 6.08. The topological polar surface area (TPSA) is 67.8 Å². The van der Waals surface area contributed by atoms with Crippen LogP contribution in [-0.4, -0.2) is 24.0 Å². The van der Waals surface area contributed by atoms with Gasteiger partial charge in [0, 0.05) is 16.8 Å². The highest BCUT2D eigenvalue weighted by Gasteiger charge is 2.30. The molecule has 1 atom stereocenters. The largest absolute Gasteiger partial charge is 0.478 e. The zero-order valence-corrected chi connectivity index (χ0v) is 17.8. The lowest BCUT2D eigenvalue weighted by atomic mass is 9.97. The summed E-state index contributed by atoms with van der Waals surface area (Å²) < 4.78 is 5.79. The number of rotatable bonds is 6. The molecule has 3 rings (SSSR count). The Balaban J connectivity index is 1.62. The number of nitrogens with zero attached hydrogens (tertiary/aromatic N) is 1. The van der Waals surface area contributed by atoms with Gasteiger partial charge in [-0.15, -0.1) is 0 Å². The fraction of sp³-hybridized carbons (Fsp3) is 0.348. The molecule has 1 unspecified atom stereocenters. The maximum atomic E-state index is 12.6. The summed E-state index contributed by atoms with van der Waals surface area (Å²) in [5.41, 5.74) is 1.02. The molecule has 0 bridgehead atoms. The molecule has 0 radical (unpaired) electrons. The Bertz CT molecular complexity index is 1060. The highest BCUT2D eigenvalue weighted by atomic mass is 35.5. The SMILES string of the molecule is Cc1ccc(C)c2c1=CC(CCNC(=O)C(C)(C)Oc1ccc(Cl)cc1)C(=O)N=2. The number of hydrogen-bond donors (Lipinski definition) is 1. The highest BCUT2D eigenvalue weighted by Crippen LogP contribution is 2.21. The van der Waals surface area contributed by atoms with E-state index in [4.69, 9.17) is 16.3 Å². The van der Waals surface area contributed by atoms with Crippen molar-refractivity contribution in [2.75, 3.05) is 6.54 Å². The molecule has 2 amide bonds. The summed E-state index contributed by atoms with van der Waals surface area (Å²) in [6.07, 6.45) is 2.45. The molecule has 0 saturated heterocycles. The molecule has 0 fully saturated rings. The van der Waals surface area contributed by atoms with E-state index >= 15 is 0 Å². The van der Waals surface area contributed by atoms with E-state index in [0.29, 0.717) is 23.7 Å². The number of halogens is 1. The predicted molar refractivity (Wildman–Crippen MR) is 113 cm³/mol. The van der Waals surface area contributed by atoms with E-state index in [1.807, 2.05) is 32.1 Å². The second-order valence-electron chi connectivity index (χ2n) is 7.80. The molecule has 6 heteroatoms. The van der Waals surface area contributed by atoms with Crippen molar-refractivity contribution in [1.82, 2.24) is 5.32 Å². The minimum atomic E-state index is -1.06. The van der Waals surface area contributed by atoms with E-state index in [2.05, 4.69) is 10.3 Å². The van der Waals surface area contributed by atoms with Crippen LogP contribution in [0.5, 0.6) is 5.75 Å². The lowest BCUT2D eigenvalue weighted by Gasteiger charge is -2.25. The minimum absolute atomic E-state index is 0.169. The molecule has 2 aromatic rings. The van der Waals surface area contributed by atoms with Gasteiger partial charge in [-0.3, -0.25) is 9.59 Å². The number of amides is 2. The van der Waals surface area contributed by atoms with Crippen LogP contribution in [0.4, 0.5) is 0 Å². The Morgan fingerprint density at radius 1 is 1.14 bits per heavy atom. The number of benzene rings is 2. The Labute approximate surface area is 175 Å². The summed E-state index contributed by atoms with van der Waals surface area (Å²) >= 11 is 5.88. The van der Waals surface area contributed by atoms with Gasteiger partial charge in [0.2, 0.25) is 0 Å². The zero-order chi connectivity index (χ0) is 21.2. The van der Waals surface area contributed by atoms with Crippen LogP contribution in [0.25, 0.3) is 6.08 Å². The molecule has 152 valence electrons. The van der Waals surface area contributed by atoms with Crippen molar-refractivity contribution >= 4 is 29.5 Å². The fourth-order valence-corrected chi connectivity index (χ4v) is 3.37. The van der Waals surface area contributed by atoms with Crippen LogP contribution in [0.2, 0.25) is 5.02 Å². The Morgan fingerprint density at radius 2 is 1.79 bits per heavy atom. The monoisotopic (exact) mass is 412 g/mol. The smallest absolute Gasteiger partial charge is 0.263 e. The molecule has 0 aromatic heterocycles. The second kappa shape index (κ2) is 8.37. The molecule has 0 spiro atoms. The second-order valence-corrected chi connectivity index (χ2v) is 8.23. The first-order valence-corrected chi connectivity index (χ1v) is 9.99. The molecule has 0 aliphatic carbocycles. The van der Waals surface area contributed by atoms with E-state index in [1.54, 1.807) is 38.1 Å². The number of hydrogen-bond acceptors (Lipinski definition) is 3. The molecule has 1 N–H and O–H groups in total. The van der Waals surface area contributed by atoms with Crippen molar-refractivity contribution in [3.63, 3.8) is 0 Å². The number of carbonyl (C=O) groups excluding carboxylic acids is 2. The van der Waals surface area contributed by atoms with Crippen LogP contribution in [-0.2, 0) is 9.59 Å². The van der Waals surface area contributed by atoms with Crippen molar-refractivity contribution in [3.8, 4) is 5.75 Å². The molecule has 29 heavy (non-hydrogen) atoms. The van der Waals surface area contributed by atoms with Gasteiger partial charge >= 0.3 is 0 Å². The summed E-state index contributed by atoms with van der Waals surface area (Å²) in [7, 11) is 0. The molecular weight excluding hydrogens is 388 g/mol. The van der Waals surface area contributed by atoms with Crippen molar-refractivity contribution in [1.29, 1.82) is 0 Å². The van der Waals surface area contributed by atoms with Gasteiger partial charge in [0.1, 0.15) is 5.75 Å². The molecule has 5 nitrogen and oxygen atoms in total. The summed E-state index contributed by atoms with van der Waals surface area (Å²) in [5, 5.41) is 5.23. The Hall–Kier alpha value is -2.66. The first-order valence-electron chi connectivity index (χ1n) is 9.61. The van der Waals surface area contributed by atoms with Crippen LogP contribution in [0.15, 0.2) is 41.4 Å². The number of ether oxygens (including phenoxy) is 1. The van der Waals surface area contributed by atoms with Crippen LogP contribution in [0, 0.1) is 19.8 Å². The number of nitrogens with one attached hydrogen (secondary N) is 1. The van der Waals surface area contributed by atoms with Gasteiger partial charge in [-0.05, 0) is 69.5 Å². The molecule has 0 saturated carbocycles. The average Bonchev–Trinajstić information content (AvgIpc) is 2.67.